The maximum atomic E-state index is 6.00. The van der Waals surface area contributed by atoms with Crippen LogP contribution in [0.25, 0.3) is 27.5 Å². The second-order valence-electron chi connectivity index (χ2n) is 8.08. The van der Waals surface area contributed by atoms with Gasteiger partial charge in [0.2, 0.25) is 0 Å². The Bertz CT molecular complexity index is 1110. The maximum absolute atomic E-state index is 6.00. The van der Waals surface area contributed by atoms with Gasteiger partial charge in [-0.15, -0.1) is 0 Å². The summed E-state index contributed by atoms with van der Waals surface area (Å²) >= 11 is 0. The van der Waals surface area contributed by atoms with Crippen molar-refractivity contribution in [1.29, 1.82) is 0 Å². The molecule has 0 bridgehead atoms. The van der Waals surface area contributed by atoms with Crippen molar-refractivity contribution < 1.29 is 9.31 Å². The van der Waals surface area contributed by atoms with Crippen LogP contribution in [0.5, 0.6) is 0 Å². The Balaban J connectivity index is 1.67. The molecule has 134 valence electrons. The number of hydrogen-bond donors (Lipinski definition) is 0. The lowest BCUT2D eigenvalue weighted by Gasteiger charge is -2.33. The number of fused-ring (bicyclic) bond motifs is 3. The van der Waals surface area contributed by atoms with Crippen LogP contribution in [0.2, 0.25) is 0 Å². The zero-order chi connectivity index (χ0) is 18.4. The van der Waals surface area contributed by atoms with Crippen LogP contribution in [-0.4, -0.2) is 24.9 Å². The van der Waals surface area contributed by atoms with Gasteiger partial charge in [-0.1, -0.05) is 62.4 Å². The molecule has 0 radical (unpaired) electrons. The van der Waals surface area contributed by atoms with Crippen molar-refractivity contribution in [1.82, 2.24) is 4.57 Å². The number of hydrogen-bond acceptors (Lipinski definition) is 2. The third-order valence-electron chi connectivity index (χ3n) is 5.23. The van der Waals surface area contributed by atoms with Crippen LogP contribution in [0.4, 0.5) is 0 Å². The van der Waals surface area contributed by atoms with E-state index in [-0.39, 0.29) is 12.5 Å². The topological polar surface area (TPSA) is 23.4 Å². The summed E-state index contributed by atoms with van der Waals surface area (Å²) in [5.74, 6) is 0. The molecule has 2 heterocycles. The van der Waals surface area contributed by atoms with E-state index in [1.807, 2.05) is 0 Å². The molecule has 1 aliphatic heterocycles. The smallest absolute Gasteiger partial charge is 0.407 e. The molecule has 1 aliphatic rings. The first-order chi connectivity index (χ1) is 13.1. The van der Waals surface area contributed by atoms with Gasteiger partial charge in [0.1, 0.15) is 0 Å². The van der Waals surface area contributed by atoms with E-state index in [9.17, 15) is 0 Å². The number of rotatable bonds is 2. The molecule has 4 aromatic rings. The molecule has 0 spiro atoms. The Morgan fingerprint density at radius 3 is 2.22 bits per heavy atom. The second-order valence-corrected chi connectivity index (χ2v) is 8.08. The monoisotopic (exact) mass is 355 g/mol. The Kier molecular flexibility index (Phi) is 3.85. The molecule has 1 saturated heterocycles. The zero-order valence-corrected chi connectivity index (χ0v) is 15.7. The van der Waals surface area contributed by atoms with E-state index in [2.05, 4.69) is 91.2 Å². The molecular weight excluding hydrogens is 333 g/mol. The van der Waals surface area contributed by atoms with Crippen LogP contribution >= 0.6 is 0 Å². The highest BCUT2D eigenvalue weighted by Crippen LogP contribution is 2.31. The van der Waals surface area contributed by atoms with E-state index in [1.54, 1.807) is 0 Å². The summed E-state index contributed by atoms with van der Waals surface area (Å²) in [6, 6.07) is 25.6. The summed E-state index contributed by atoms with van der Waals surface area (Å²) in [6.07, 6.45) is 0. The van der Waals surface area contributed by atoms with E-state index < -0.39 is 0 Å². The lowest BCUT2D eigenvalue weighted by atomic mass is 9.75. The van der Waals surface area contributed by atoms with Crippen molar-refractivity contribution in [2.24, 2.45) is 5.41 Å². The quantitative estimate of drug-likeness (QED) is 0.493. The van der Waals surface area contributed by atoms with Gasteiger partial charge in [-0.05, 0) is 29.7 Å². The molecule has 3 nitrogen and oxygen atoms in total. The molecule has 0 unspecified atom stereocenters. The Labute approximate surface area is 159 Å². The van der Waals surface area contributed by atoms with Crippen LogP contribution in [0, 0.1) is 5.41 Å². The Hall–Kier alpha value is -2.56. The van der Waals surface area contributed by atoms with Crippen molar-refractivity contribution in [3.8, 4) is 5.69 Å². The minimum Gasteiger partial charge on any atom is -0.407 e. The molecule has 0 atom stereocenters. The van der Waals surface area contributed by atoms with Crippen molar-refractivity contribution >= 4 is 34.4 Å². The van der Waals surface area contributed by atoms with Gasteiger partial charge in [-0.3, -0.25) is 0 Å². The Morgan fingerprint density at radius 2 is 1.44 bits per heavy atom. The predicted molar refractivity (Wildman–Crippen MR) is 112 cm³/mol. The maximum Gasteiger partial charge on any atom is 0.493 e. The van der Waals surface area contributed by atoms with E-state index in [0.29, 0.717) is 13.2 Å². The zero-order valence-electron chi connectivity index (χ0n) is 15.7. The number of benzene rings is 3. The molecule has 0 saturated carbocycles. The molecule has 3 aromatic carbocycles. The minimum absolute atomic E-state index is 0.0733. The highest BCUT2D eigenvalue weighted by molar-refractivity contribution is 6.61. The predicted octanol–water partition coefficient (Wildman–Crippen LogP) is 4.55. The van der Waals surface area contributed by atoms with E-state index >= 15 is 0 Å². The van der Waals surface area contributed by atoms with Gasteiger partial charge in [0, 0.05) is 35.1 Å². The first kappa shape index (κ1) is 16.6. The summed E-state index contributed by atoms with van der Waals surface area (Å²) in [4.78, 5) is 0. The molecule has 1 fully saturated rings. The van der Waals surface area contributed by atoms with Gasteiger partial charge in [0.25, 0.3) is 0 Å². The average Bonchev–Trinajstić information content (AvgIpc) is 3.02. The second kappa shape index (κ2) is 6.26. The summed E-state index contributed by atoms with van der Waals surface area (Å²) < 4.78 is 14.3. The van der Waals surface area contributed by atoms with E-state index in [1.165, 1.54) is 27.5 Å². The fourth-order valence-electron chi connectivity index (χ4n) is 3.88. The summed E-state index contributed by atoms with van der Waals surface area (Å²) in [5, 5.41) is 2.47. The number of nitrogens with zero attached hydrogens (tertiary/aromatic N) is 1. The Morgan fingerprint density at radius 1 is 0.778 bits per heavy atom. The lowest BCUT2D eigenvalue weighted by Crippen LogP contribution is -2.47. The third kappa shape index (κ3) is 2.86. The largest absolute Gasteiger partial charge is 0.493 e. The van der Waals surface area contributed by atoms with Gasteiger partial charge in [-0.2, -0.15) is 0 Å². The van der Waals surface area contributed by atoms with Crippen LogP contribution in [0.3, 0.4) is 0 Å². The van der Waals surface area contributed by atoms with Gasteiger partial charge in [0.05, 0.1) is 11.0 Å². The van der Waals surface area contributed by atoms with Gasteiger partial charge in [0.15, 0.2) is 0 Å². The van der Waals surface area contributed by atoms with Gasteiger partial charge < -0.3 is 13.9 Å². The first-order valence-corrected chi connectivity index (χ1v) is 9.44. The van der Waals surface area contributed by atoms with Crippen LogP contribution in [0.1, 0.15) is 13.8 Å². The van der Waals surface area contributed by atoms with Crippen LogP contribution < -0.4 is 5.46 Å². The van der Waals surface area contributed by atoms with Crippen molar-refractivity contribution in [2.45, 2.75) is 13.8 Å². The molecule has 0 amide bonds. The molecule has 1 aromatic heterocycles. The highest BCUT2D eigenvalue weighted by atomic mass is 16.6. The van der Waals surface area contributed by atoms with E-state index in [4.69, 9.17) is 9.31 Å². The van der Waals surface area contributed by atoms with Crippen LogP contribution in [0.15, 0.2) is 72.8 Å². The van der Waals surface area contributed by atoms with Crippen molar-refractivity contribution in [2.75, 3.05) is 13.2 Å². The molecular formula is C23H22BNO2. The molecule has 5 rings (SSSR count). The normalized spacial score (nSPS) is 16.9. The third-order valence-corrected chi connectivity index (χ3v) is 5.23. The minimum atomic E-state index is -0.290. The van der Waals surface area contributed by atoms with Crippen molar-refractivity contribution in [3.63, 3.8) is 0 Å². The fraction of sp³-hybridized carbons (Fsp3) is 0.217. The molecule has 4 heteroatoms. The summed E-state index contributed by atoms with van der Waals surface area (Å²) in [6.45, 7) is 5.75. The lowest BCUT2D eigenvalue weighted by molar-refractivity contribution is 0.0343. The highest BCUT2D eigenvalue weighted by Gasteiger charge is 2.33. The van der Waals surface area contributed by atoms with Crippen molar-refractivity contribution in [3.05, 3.63) is 72.8 Å². The van der Waals surface area contributed by atoms with Gasteiger partial charge in [-0.25, -0.2) is 0 Å². The summed E-state index contributed by atoms with van der Waals surface area (Å²) in [5.41, 5.74) is 4.73. The first-order valence-electron chi connectivity index (χ1n) is 9.44. The number of aromatic nitrogens is 1. The standard InChI is InChI=1S/C23H22BNO2/c1-23(2)15-26-24(27-16-23)17-12-13-22-20(14-17)19-10-6-7-11-21(19)25(22)18-8-4-3-5-9-18/h3-14H,15-16H2,1-2H3. The number of para-hydroxylation sites is 2. The van der Waals surface area contributed by atoms with E-state index in [0.717, 1.165) is 5.46 Å². The summed E-state index contributed by atoms with van der Waals surface area (Å²) in [7, 11) is -0.290. The molecule has 27 heavy (non-hydrogen) atoms. The molecule has 0 aliphatic carbocycles. The fourth-order valence-corrected chi connectivity index (χ4v) is 3.88. The average molecular weight is 355 g/mol. The van der Waals surface area contributed by atoms with Gasteiger partial charge >= 0.3 is 7.12 Å². The van der Waals surface area contributed by atoms with Crippen LogP contribution in [-0.2, 0) is 9.31 Å². The SMILES string of the molecule is CC1(C)COB(c2ccc3c(c2)c2ccccc2n3-c2ccccc2)OC1. The molecule has 0 N–H and O–H groups in total.